The van der Waals surface area contributed by atoms with Gasteiger partial charge in [0.05, 0.1) is 31.7 Å². The fourth-order valence-electron chi connectivity index (χ4n) is 5.65. The molecule has 0 saturated heterocycles. The van der Waals surface area contributed by atoms with E-state index in [9.17, 15) is 23.5 Å². The second-order valence-corrected chi connectivity index (χ2v) is 10.7. The van der Waals surface area contributed by atoms with Crippen LogP contribution in [0.1, 0.15) is 45.1 Å². The minimum absolute atomic E-state index is 0.0867. The Morgan fingerprint density at radius 3 is 2.68 bits per heavy atom. The van der Waals surface area contributed by atoms with Crippen LogP contribution in [-0.2, 0) is 17.6 Å². The van der Waals surface area contributed by atoms with Crippen LogP contribution in [0.15, 0.2) is 72.8 Å². The standard InChI is InChI=1S/C34H30F2N2O6/c1-42-30-10-4-22-16-31(30)43-14-2-12-37-34(41)27-19-25(7-9-29(27)39)44-24-6-8-26-20(15-24)11-13-38(33(22)26)32(40)17-21-3-5-23(35)18-28(21)36/h3-10,15-16,18-19,33,39H,2,11-14,17H2,1H3,(H,37,41). The smallest absolute Gasteiger partial charge is 0.255 e. The highest BCUT2D eigenvalue weighted by Gasteiger charge is 2.33. The molecule has 7 rings (SSSR count). The third kappa shape index (κ3) is 5.88. The minimum Gasteiger partial charge on any atom is -0.507 e. The van der Waals surface area contributed by atoms with Gasteiger partial charge in [0.25, 0.3) is 5.91 Å². The summed E-state index contributed by atoms with van der Waals surface area (Å²) in [6.45, 7) is 0.890. The van der Waals surface area contributed by atoms with Crippen molar-refractivity contribution in [3.63, 3.8) is 0 Å². The van der Waals surface area contributed by atoms with Gasteiger partial charge >= 0.3 is 0 Å². The van der Waals surface area contributed by atoms with E-state index in [1.165, 1.54) is 25.3 Å². The molecule has 226 valence electrons. The van der Waals surface area contributed by atoms with Crippen LogP contribution in [0.2, 0.25) is 0 Å². The van der Waals surface area contributed by atoms with Gasteiger partial charge in [-0.15, -0.1) is 0 Å². The molecule has 8 nitrogen and oxygen atoms in total. The molecular weight excluding hydrogens is 570 g/mol. The summed E-state index contributed by atoms with van der Waals surface area (Å²) in [5, 5.41) is 13.1. The third-order valence-corrected chi connectivity index (χ3v) is 7.84. The van der Waals surface area contributed by atoms with Crippen LogP contribution in [-0.4, -0.2) is 48.6 Å². The van der Waals surface area contributed by atoms with Gasteiger partial charge in [-0.25, -0.2) is 8.78 Å². The number of nitrogens with zero attached hydrogens (tertiary/aromatic N) is 1. The van der Waals surface area contributed by atoms with Crippen LogP contribution < -0.4 is 19.5 Å². The minimum atomic E-state index is -0.768. The number of carbonyl (C=O) groups is 2. The van der Waals surface area contributed by atoms with Crippen molar-refractivity contribution in [2.75, 3.05) is 26.8 Å². The van der Waals surface area contributed by atoms with Gasteiger partial charge in [0.15, 0.2) is 11.5 Å². The summed E-state index contributed by atoms with van der Waals surface area (Å²) >= 11 is 0. The molecule has 0 aromatic heterocycles. The van der Waals surface area contributed by atoms with Gasteiger partial charge in [0.2, 0.25) is 5.91 Å². The lowest BCUT2D eigenvalue weighted by molar-refractivity contribution is -0.132. The zero-order chi connectivity index (χ0) is 30.8. The van der Waals surface area contributed by atoms with Crippen molar-refractivity contribution in [1.29, 1.82) is 0 Å². The van der Waals surface area contributed by atoms with Gasteiger partial charge in [0.1, 0.15) is 28.9 Å². The molecule has 8 bridgehead atoms. The number of nitrogens with one attached hydrogen (secondary N) is 1. The molecular formula is C34H30F2N2O6. The Balaban J connectivity index is 1.42. The van der Waals surface area contributed by atoms with E-state index >= 15 is 0 Å². The Kier molecular flexibility index (Phi) is 8.06. The topological polar surface area (TPSA) is 97.3 Å². The number of carbonyl (C=O) groups excluding carboxylic acids is 2. The predicted molar refractivity (Wildman–Crippen MR) is 157 cm³/mol. The van der Waals surface area contributed by atoms with Crippen LogP contribution in [0.4, 0.5) is 8.78 Å². The maximum absolute atomic E-state index is 14.5. The van der Waals surface area contributed by atoms with E-state index in [-0.39, 0.29) is 35.8 Å². The molecule has 3 aliphatic rings. The fourth-order valence-corrected chi connectivity index (χ4v) is 5.65. The van der Waals surface area contributed by atoms with Crippen molar-refractivity contribution in [3.8, 4) is 28.7 Å². The van der Waals surface area contributed by atoms with Gasteiger partial charge in [-0.3, -0.25) is 9.59 Å². The molecule has 0 fully saturated rings. The van der Waals surface area contributed by atoms with Crippen molar-refractivity contribution in [2.24, 2.45) is 0 Å². The first-order valence-corrected chi connectivity index (χ1v) is 14.3. The monoisotopic (exact) mass is 600 g/mol. The molecule has 0 saturated carbocycles. The van der Waals surface area contributed by atoms with E-state index in [0.717, 1.165) is 28.8 Å². The Labute approximate surface area is 252 Å². The summed E-state index contributed by atoms with van der Waals surface area (Å²) in [5.41, 5.74) is 2.77. The van der Waals surface area contributed by atoms with E-state index in [0.29, 0.717) is 48.9 Å². The number of methoxy groups -OCH3 is 1. The molecule has 1 unspecified atom stereocenters. The first-order valence-electron chi connectivity index (χ1n) is 14.3. The molecule has 4 aromatic carbocycles. The van der Waals surface area contributed by atoms with Crippen molar-refractivity contribution < 1.29 is 37.7 Å². The molecule has 3 aliphatic heterocycles. The lowest BCUT2D eigenvalue weighted by atomic mass is 9.87. The molecule has 2 amide bonds. The van der Waals surface area contributed by atoms with Gasteiger partial charge in [-0.05, 0) is 83.6 Å². The molecule has 3 heterocycles. The first-order chi connectivity index (χ1) is 21.3. The van der Waals surface area contributed by atoms with Gasteiger partial charge in [-0.1, -0.05) is 18.2 Å². The summed E-state index contributed by atoms with van der Waals surface area (Å²) in [4.78, 5) is 28.2. The molecule has 4 aromatic rings. The third-order valence-electron chi connectivity index (χ3n) is 7.84. The zero-order valence-corrected chi connectivity index (χ0v) is 23.9. The Hall–Kier alpha value is -5.12. The predicted octanol–water partition coefficient (Wildman–Crippen LogP) is 5.70. The number of halogens is 2. The van der Waals surface area contributed by atoms with Crippen molar-refractivity contribution in [1.82, 2.24) is 10.2 Å². The van der Waals surface area contributed by atoms with Crippen molar-refractivity contribution in [3.05, 3.63) is 112 Å². The Morgan fingerprint density at radius 1 is 1.05 bits per heavy atom. The van der Waals surface area contributed by atoms with Crippen molar-refractivity contribution in [2.45, 2.75) is 25.3 Å². The van der Waals surface area contributed by atoms with Crippen LogP contribution in [0.25, 0.3) is 0 Å². The highest BCUT2D eigenvalue weighted by atomic mass is 19.1. The molecule has 0 aliphatic carbocycles. The lowest BCUT2D eigenvalue weighted by Gasteiger charge is -2.38. The molecule has 0 spiro atoms. The van der Waals surface area contributed by atoms with E-state index in [2.05, 4.69) is 5.32 Å². The number of hydrogen-bond acceptors (Lipinski definition) is 6. The maximum Gasteiger partial charge on any atom is 0.255 e. The summed E-state index contributed by atoms with van der Waals surface area (Å²) in [6, 6.07) is 18.2. The Morgan fingerprint density at radius 2 is 1.86 bits per heavy atom. The normalized spacial score (nSPS) is 16.2. The van der Waals surface area contributed by atoms with Gasteiger partial charge < -0.3 is 29.5 Å². The van der Waals surface area contributed by atoms with Gasteiger partial charge in [0, 0.05) is 19.2 Å². The van der Waals surface area contributed by atoms with E-state index in [4.69, 9.17) is 14.2 Å². The van der Waals surface area contributed by atoms with E-state index < -0.39 is 23.6 Å². The number of hydrogen-bond donors (Lipinski definition) is 2. The van der Waals surface area contributed by atoms with E-state index in [1.54, 1.807) is 23.1 Å². The average Bonchev–Trinajstić information content (AvgIpc) is 3.02. The quantitative estimate of drug-likeness (QED) is 0.313. The number of ether oxygens (including phenoxy) is 3. The number of benzene rings is 4. The lowest BCUT2D eigenvalue weighted by Crippen LogP contribution is -2.41. The highest BCUT2D eigenvalue weighted by Crippen LogP contribution is 2.41. The summed E-state index contributed by atoms with van der Waals surface area (Å²) in [5.74, 6) is -0.519. The second-order valence-electron chi connectivity index (χ2n) is 10.7. The molecule has 10 heteroatoms. The van der Waals surface area contributed by atoms with Crippen LogP contribution >= 0.6 is 0 Å². The first kappa shape index (κ1) is 29.0. The van der Waals surface area contributed by atoms with Crippen LogP contribution in [0.3, 0.4) is 0 Å². The summed E-state index contributed by atoms with van der Waals surface area (Å²) < 4.78 is 45.7. The van der Waals surface area contributed by atoms with Crippen molar-refractivity contribution >= 4 is 11.8 Å². The zero-order valence-electron chi connectivity index (χ0n) is 23.9. The number of fused-ring (bicyclic) bond motifs is 6. The summed E-state index contributed by atoms with van der Waals surface area (Å²) in [6.07, 6.45) is 0.745. The highest BCUT2D eigenvalue weighted by molar-refractivity contribution is 5.97. The Bertz CT molecular complexity index is 1740. The molecule has 44 heavy (non-hydrogen) atoms. The van der Waals surface area contributed by atoms with Crippen LogP contribution in [0, 0.1) is 11.6 Å². The largest absolute Gasteiger partial charge is 0.507 e. The molecule has 1 atom stereocenters. The number of aromatic hydroxyl groups is 1. The van der Waals surface area contributed by atoms with Crippen LogP contribution in [0.5, 0.6) is 28.7 Å². The van der Waals surface area contributed by atoms with E-state index in [1.807, 2.05) is 24.3 Å². The molecule has 2 N–H and O–H groups in total. The fraction of sp³-hybridized carbons (Fsp3) is 0.235. The number of amides is 2. The SMILES string of the molecule is COc1ccc2cc1OCCCNC(=O)c1cc(ccc1O)Oc1ccc3c(c1)CCN(C(=O)Cc1ccc(F)cc1F)C23. The molecule has 0 radical (unpaired) electrons. The van der Waals surface area contributed by atoms with Gasteiger partial charge in [-0.2, -0.15) is 0 Å². The average molecular weight is 601 g/mol. The summed E-state index contributed by atoms with van der Waals surface area (Å²) in [7, 11) is 1.53. The number of phenolic OH excluding ortho intramolecular Hbond substituents is 1. The number of phenols is 1. The maximum atomic E-state index is 14.5. The number of rotatable bonds is 3. The second kappa shape index (κ2) is 12.2.